The molecule has 4 aromatic rings. The monoisotopic (exact) mass is 482 g/mol. The van der Waals surface area contributed by atoms with Gasteiger partial charge in [-0.2, -0.15) is 4.72 Å². The van der Waals surface area contributed by atoms with Crippen LogP contribution in [0.2, 0.25) is 0 Å². The van der Waals surface area contributed by atoms with Crippen LogP contribution < -0.4 is 14.8 Å². The molecule has 0 spiro atoms. The number of hydrogen-bond donors (Lipinski definition) is 3. The normalized spacial score (nSPS) is 12.7. The fourth-order valence-electron chi connectivity index (χ4n) is 3.45. The van der Waals surface area contributed by atoms with Gasteiger partial charge in [0.1, 0.15) is 23.0 Å². The van der Waals surface area contributed by atoms with Crippen LogP contribution in [0.15, 0.2) is 76.0 Å². The van der Waals surface area contributed by atoms with E-state index in [1.165, 1.54) is 12.1 Å². The van der Waals surface area contributed by atoms with E-state index in [2.05, 4.69) is 10.0 Å². The van der Waals surface area contributed by atoms with Crippen molar-refractivity contribution in [2.75, 3.05) is 5.32 Å². The molecule has 1 heterocycles. The summed E-state index contributed by atoms with van der Waals surface area (Å²) in [7, 11) is -4.10. The van der Waals surface area contributed by atoms with Crippen molar-refractivity contribution in [2.45, 2.75) is 24.8 Å². The van der Waals surface area contributed by atoms with Gasteiger partial charge in [-0.1, -0.05) is 32.0 Å². The summed E-state index contributed by atoms with van der Waals surface area (Å²) in [4.78, 5) is 23.5. The third-order valence-electron chi connectivity index (χ3n) is 5.17. The van der Waals surface area contributed by atoms with Gasteiger partial charge in [-0.15, -0.1) is 0 Å². The van der Waals surface area contributed by atoms with Crippen LogP contribution in [0, 0.1) is 5.92 Å². The molecule has 0 fully saturated rings. The van der Waals surface area contributed by atoms with Crippen molar-refractivity contribution in [2.24, 2.45) is 5.92 Å². The summed E-state index contributed by atoms with van der Waals surface area (Å²) in [5.74, 6) is -1.30. The lowest BCUT2D eigenvalue weighted by molar-refractivity contribution is -0.140. The minimum atomic E-state index is -4.10. The number of anilines is 1. The van der Waals surface area contributed by atoms with Gasteiger partial charge in [0.2, 0.25) is 10.0 Å². The summed E-state index contributed by atoms with van der Waals surface area (Å²) in [5, 5.41) is 13.3. The number of amides is 1. The molecular formula is C24H22N2O7S. The molecule has 9 nitrogen and oxygen atoms in total. The number of hydrogen-bond acceptors (Lipinski definition) is 6. The highest BCUT2D eigenvalue weighted by molar-refractivity contribution is 7.89. The van der Waals surface area contributed by atoms with Gasteiger partial charge in [0.15, 0.2) is 0 Å². The van der Waals surface area contributed by atoms with Crippen molar-refractivity contribution in [1.29, 1.82) is 0 Å². The zero-order chi connectivity index (χ0) is 24.5. The van der Waals surface area contributed by atoms with Crippen molar-refractivity contribution >= 4 is 49.7 Å². The first-order chi connectivity index (χ1) is 16.1. The predicted octanol–water partition coefficient (Wildman–Crippen LogP) is 4.58. The molecule has 0 aliphatic carbocycles. The van der Waals surface area contributed by atoms with E-state index in [-0.39, 0.29) is 4.90 Å². The van der Waals surface area contributed by atoms with Gasteiger partial charge in [0.25, 0.3) is 0 Å². The molecule has 0 bridgehead atoms. The summed E-state index contributed by atoms with van der Waals surface area (Å²) < 4.78 is 38.8. The minimum Gasteiger partial charge on any atom is -0.480 e. The Morgan fingerprint density at radius 3 is 2.35 bits per heavy atom. The van der Waals surface area contributed by atoms with Gasteiger partial charge in [0, 0.05) is 22.5 Å². The van der Waals surface area contributed by atoms with Crippen molar-refractivity contribution < 1.29 is 32.3 Å². The average Bonchev–Trinajstić information content (AvgIpc) is 3.15. The Morgan fingerprint density at radius 1 is 0.941 bits per heavy atom. The quantitative estimate of drug-likeness (QED) is 0.351. The summed E-state index contributed by atoms with van der Waals surface area (Å²) >= 11 is 0. The molecule has 1 amide bonds. The molecule has 176 valence electrons. The molecule has 0 saturated carbocycles. The van der Waals surface area contributed by atoms with Gasteiger partial charge in [0.05, 0.1) is 4.90 Å². The number of para-hydroxylation sites is 1. The SMILES string of the molecule is CC(C)[C@H](NS(=O)(=O)c1ccc2c(c1)oc1ccc(NC(=O)Oc3ccccc3)cc12)C(=O)O. The Balaban J connectivity index is 1.60. The first-order valence-corrected chi connectivity index (χ1v) is 11.9. The molecule has 1 atom stereocenters. The maximum Gasteiger partial charge on any atom is 0.417 e. The van der Waals surface area contributed by atoms with E-state index in [9.17, 15) is 23.1 Å². The van der Waals surface area contributed by atoms with Gasteiger partial charge in [-0.05, 0) is 48.4 Å². The molecule has 4 rings (SSSR count). The maximum absolute atomic E-state index is 12.8. The Labute approximate surface area is 195 Å². The number of carboxylic acids is 1. The Bertz CT molecular complexity index is 1480. The summed E-state index contributed by atoms with van der Waals surface area (Å²) in [5.41, 5.74) is 1.26. The van der Waals surface area contributed by atoms with Crippen LogP contribution in [0.3, 0.4) is 0 Å². The highest BCUT2D eigenvalue weighted by Crippen LogP contribution is 2.32. The summed E-state index contributed by atoms with van der Waals surface area (Å²) in [6, 6.07) is 16.6. The predicted molar refractivity (Wildman–Crippen MR) is 126 cm³/mol. The van der Waals surface area contributed by atoms with Gasteiger partial charge >= 0.3 is 12.1 Å². The van der Waals surface area contributed by atoms with Crippen LogP contribution in [0.4, 0.5) is 10.5 Å². The number of carbonyl (C=O) groups excluding carboxylic acids is 1. The molecule has 3 N–H and O–H groups in total. The third kappa shape index (κ3) is 4.87. The van der Waals surface area contributed by atoms with Crippen LogP contribution in [-0.2, 0) is 14.8 Å². The highest BCUT2D eigenvalue weighted by Gasteiger charge is 2.28. The molecule has 10 heteroatoms. The lowest BCUT2D eigenvalue weighted by Gasteiger charge is -2.17. The molecular weight excluding hydrogens is 460 g/mol. The zero-order valence-corrected chi connectivity index (χ0v) is 19.1. The first-order valence-electron chi connectivity index (χ1n) is 10.4. The van der Waals surface area contributed by atoms with Crippen molar-refractivity contribution in [1.82, 2.24) is 4.72 Å². The fraction of sp³-hybridized carbons (Fsp3) is 0.167. The largest absolute Gasteiger partial charge is 0.480 e. The number of rotatable bonds is 7. The fourth-order valence-corrected chi connectivity index (χ4v) is 4.80. The van der Waals surface area contributed by atoms with Gasteiger partial charge in [-0.3, -0.25) is 10.1 Å². The van der Waals surface area contributed by atoms with E-state index in [1.807, 2.05) is 6.07 Å². The molecule has 34 heavy (non-hydrogen) atoms. The number of carbonyl (C=O) groups is 2. The van der Waals surface area contributed by atoms with Crippen molar-refractivity contribution in [3.8, 4) is 5.75 Å². The summed E-state index contributed by atoms with van der Waals surface area (Å²) in [6.45, 7) is 3.23. The van der Waals surface area contributed by atoms with Crippen LogP contribution in [-0.4, -0.2) is 31.6 Å². The van der Waals surface area contributed by atoms with Crippen LogP contribution in [0.1, 0.15) is 13.8 Å². The second kappa shape index (κ2) is 9.16. The molecule has 0 saturated heterocycles. The molecule has 0 aliphatic heterocycles. The van der Waals surface area contributed by atoms with E-state index in [4.69, 9.17) is 9.15 Å². The zero-order valence-electron chi connectivity index (χ0n) is 18.3. The smallest absolute Gasteiger partial charge is 0.417 e. The third-order valence-corrected chi connectivity index (χ3v) is 6.61. The standard InChI is InChI=1S/C24H22N2O7S/c1-14(2)22(23(27)28)26-34(30,31)17-9-10-18-19-12-15(8-11-20(19)33-21(18)13-17)25-24(29)32-16-6-4-3-5-7-16/h3-14,22,26H,1-2H3,(H,25,29)(H,27,28)/t22-/m0/s1. The number of sulfonamides is 1. The van der Waals surface area contributed by atoms with Crippen LogP contribution in [0.5, 0.6) is 5.75 Å². The number of benzene rings is 3. The Morgan fingerprint density at radius 2 is 1.68 bits per heavy atom. The number of furan rings is 1. The van der Waals surface area contributed by atoms with E-state index < -0.39 is 34.0 Å². The topological polar surface area (TPSA) is 135 Å². The lowest BCUT2D eigenvalue weighted by Crippen LogP contribution is -2.44. The van der Waals surface area contributed by atoms with E-state index in [1.54, 1.807) is 62.4 Å². The minimum absolute atomic E-state index is 0.115. The molecule has 3 aromatic carbocycles. The number of fused-ring (bicyclic) bond motifs is 3. The second-order valence-corrected chi connectivity index (χ2v) is 9.69. The molecule has 1 aromatic heterocycles. The van der Waals surface area contributed by atoms with E-state index in [0.717, 1.165) is 0 Å². The van der Waals surface area contributed by atoms with E-state index in [0.29, 0.717) is 33.4 Å². The Kier molecular flexibility index (Phi) is 6.27. The Hall–Kier alpha value is -3.89. The summed E-state index contributed by atoms with van der Waals surface area (Å²) in [6.07, 6.45) is -0.657. The first kappa shape index (κ1) is 23.3. The maximum atomic E-state index is 12.8. The number of nitrogens with one attached hydrogen (secondary N) is 2. The highest BCUT2D eigenvalue weighted by atomic mass is 32.2. The van der Waals surface area contributed by atoms with Crippen LogP contribution >= 0.6 is 0 Å². The van der Waals surface area contributed by atoms with E-state index >= 15 is 0 Å². The lowest BCUT2D eigenvalue weighted by atomic mass is 10.1. The van der Waals surface area contributed by atoms with Gasteiger partial charge in [-0.25, -0.2) is 13.2 Å². The molecule has 0 aliphatic rings. The number of aliphatic carboxylic acids is 1. The second-order valence-electron chi connectivity index (χ2n) is 7.98. The van der Waals surface area contributed by atoms with Crippen molar-refractivity contribution in [3.63, 3.8) is 0 Å². The van der Waals surface area contributed by atoms with Crippen LogP contribution in [0.25, 0.3) is 21.9 Å². The molecule has 0 radical (unpaired) electrons. The molecule has 0 unspecified atom stereocenters. The number of carboxylic acid groups (broad SMARTS) is 1. The van der Waals surface area contributed by atoms with Gasteiger partial charge < -0.3 is 14.3 Å². The number of ether oxygens (including phenoxy) is 1. The van der Waals surface area contributed by atoms with Crippen molar-refractivity contribution in [3.05, 3.63) is 66.7 Å². The average molecular weight is 483 g/mol.